The molecule has 1 unspecified atom stereocenters. The van der Waals surface area contributed by atoms with Gasteiger partial charge in [0, 0.05) is 12.6 Å². The highest BCUT2D eigenvalue weighted by molar-refractivity contribution is 6.42. The van der Waals surface area contributed by atoms with E-state index in [1.165, 1.54) is 0 Å². The van der Waals surface area contributed by atoms with Crippen molar-refractivity contribution in [1.82, 2.24) is 5.32 Å². The smallest absolute Gasteiger partial charge is 0.230 e. The average molecular weight is 330 g/mol. The van der Waals surface area contributed by atoms with E-state index in [1.807, 2.05) is 13.0 Å². The molecule has 2 rings (SSSR count). The fourth-order valence-electron chi connectivity index (χ4n) is 2.80. The minimum atomic E-state index is -0.471. The molecule has 2 N–H and O–H groups in total. The van der Waals surface area contributed by atoms with Crippen LogP contribution < -0.4 is 5.32 Å². The number of halogens is 2. The van der Waals surface area contributed by atoms with Gasteiger partial charge in [-0.05, 0) is 50.3 Å². The molecule has 21 heavy (non-hydrogen) atoms. The first-order valence-electron chi connectivity index (χ1n) is 7.37. The third-order valence-corrected chi connectivity index (χ3v) is 5.03. The highest BCUT2D eigenvalue weighted by Crippen LogP contribution is 2.45. The Balaban J connectivity index is 2.13. The molecule has 1 fully saturated rings. The van der Waals surface area contributed by atoms with E-state index in [4.69, 9.17) is 28.3 Å². The van der Waals surface area contributed by atoms with E-state index in [9.17, 15) is 4.79 Å². The average Bonchev–Trinajstić information content (AvgIpc) is 2.39. The van der Waals surface area contributed by atoms with Gasteiger partial charge < -0.3 is 10.4 Å². The van der Waals surface area contributed by atoms with Gasteiger partial charge in [0.1, 0.15) is 0 Å². The van der Waals surface area contributed by atoms with Gasteiger partial charge in [-0.15, -0.1) is 0 Å². The summed E-state index contributed by atoms with van der Waals surface area (Å²) in [7, 11) is 0. The van der Waals surface area contributed by atoms with E-state index >= 15 is 0 Å². The summed E-state index contributed by atoms with van der Waals surface area (Å²) in [5.74, 6) is 0.0533. The number of nitrogens with one attached hydrogen (secondary N) is 1. The van der Waals surface area contributed by atoms with E-state index in [0.29, 0.717) is 16.5 Å². The lowest BCUT2D eigenvalue weighted by molar-refractivity contribution is -0.130. The number of carbonyl (C=O) groups excluding carboxylic acids is 1. The van der Waals surface area contributed by atoms with Crippen LogP contribution in [0.4, 0.5) is 0 Å². The quantitative estimate of drug-likeness (QED) is 0.836. The molecule has 1 aliphatic rings. The summed E-state index contributed by atoms with van der Waals surface area (Å²) in [5.41, 5.74) is 0.469. The largest absolute Gasteiger partial charge is 0.396 e. The van der Waals surface area contributed by atoms with Crippen LogP contribution in [0.15, 0.2) is 18.2 Å². The molecule has 0 aliphatic heterocycles. The molecule has 1 aliphatic carbocycles. The lowest BCUT2D eigenvalue weighted by Gasteiger charge is -2.41. The van der Waals surface area contributed by atoms with Gasteiger partial charge in [-0.2, -0.15) is 0 Å². The second kappa shape index (κ2) is 6.99. The molecule has 0 aromatic heterocycles. The van der Waals surface area contributed by atoms with Crippen LogP contribution in [-0.4, -0.2) is 23.7 Å². The third-order valence-electron chi connectivity index (χ3n) is 4.29. The highest BCUT2D eigenvalue weighted by Gasteiger charge is 2.46. The zero-order chi connectivity index (χ0) is 15.5. The number of hydrogen-bond donors (Lipinski definition) is 2. The van der Waals surface area contributed by atoms with Gasteiger partial charge in [0.25, 0.3) is 0 Å². The van der Waals surface area contributed by atoms with E-state index in [0.717, 1.165) is 31.2 Å². The molecule has 0 radical (unpaired) electrons. The van der Waals surface area contributed by atoms with Crippen LogP contribution in [0.3, 0.4) is 0 Å². The third kappa shape index (κ3) is 3.53. The van der Waals surface area contributed by atoms with Gasteiger partial charge in [0.05, 0.1) is 15.5 Å². The van der Waals surface area contributed by atoms with Crippen molar-refractivity contribution in [2.24, 2.45) is 0 Å². The summed E-state index contributed by atoms with van der Waals surface area (Å²) >= 11 is 12.0. The van der Waals surface area contributed by atoms with Gasteiger partial charge in [0.15, 0.2) is 0 Å². The molecule has 0 bridgehead atoms. The number of aliphatic hydroxyl groups is 1. The minimum absolute atomic E-state index is 0.0533. The van der Waals surface area contributed by atoms with E-state index < -0.39 is 5.41 Å². The molecule has 3 nitrogen and oxygen atoms in total. The first-order chi connectivity index (χ1) is 9.99. The van der Waals surface area contributed by atoms with Crippen molar-refractivity contribution in [3.8, 4) is 0 Å². The van der Waals surface area contributed by atoms with E-state index in [-0.39, 0.29) is 18.6 Å². The lowest BCUT2D eigenvalue weighted by atomic mass is 9.63. The van der Waals surface area contributed by atoms with Crippen LogP contribution in [0, 0.1) is 0 Å². The van der Waals surface area contributed by atoms with Crippen LogP contribution >= 0.6 is 23.2 Å². The van der Waals surface area contributed by atoms with Crippen LogP contribution in [0.5, 0.6) is 0 Å². The maximum atomic E-state index is 12.7. The first-order valence-corrected chi connectivity index (χ1v) is 8.12. The monoisotopic (exact) mass is 329 g/mol. The second-order valence-corrected chi connectivity index (χ2v) is 6.62. The molecule has 1 aromatic carbocycles. The Kier molecular flexibility index (Phi) is 5.53. The summed E-state index contributed by atoms with van der Waals surface area (Å²) in [6.45, 7) is 2.12. The first kappa shape index (κ1) is 16.6. The van der Waals surface area contributed by atoms with Gasteiger partial charge in [0.2, 0.25) is 5.91 Å². The van der Waals surface area contributed by atoms with Crippen LogP contribution in [0.25, 0.3) is 0 Å². The normalized spacial score (nSPS) is 17.9. The molecule has 1 saturated carbocycles. The van der Waals surface area contributed by atoms with Crippen LogP contribution in [0.2, 0.25) is 10.0 Å². The van der Waals surface area contributed by atoms with Gasteiger partial charge >= 0.3 is 0 Å². The molecule has 1 atom stereocenters. The maximum absolute atomic E-state index is 12.7. The van der Waals surface area contributed by atoms with Crippen molar-refractivity contribution in [1.29, 1.82) is 0 Å². The summed E-state index contributed by atoms with van der Waals surface area (Å²) < 4.78 is 0. The summed E-state index contributed by atoms with van der Waals surface area (Å²) in [6.07, 6.45) is 4.19. The Labute approximate surface area is 135 Å². The van der Waals surface area contributed by atoms with Crippen molar-refractivity contribution in [2.75, 3.05) is 6.61 Å². The standard InChI is InChI=1S/C16H21Cl2NO2/c1-11(4-2-9-20)19-15(21)16(7-3-8-16)12-5-6-13(17)14(18)10-12/h5-6,10-11,20H,2-4,7-9H2,1H3,(H,19,21). The summed E-state index contributed by atoms with van der Waals surface area (Å²) in [5, 5.41) is 12.9. The van der Waals surface area contributed by atoms with Crippen molar-refractivity contribution >= 4 is 29.1 Å². The Morgan fingerprint density at radius 1 is 1.38 bits per heavy atom. The fraction of sp³-hybridized carbons (Fsp3) is 0.562. The molecule has 0 spiro atoms. The van der Waals surface area contributed by atoms with Crippen molar-refractivity contribution < 1.29 is 9.90 Å². The minimum Gasteiger partial charge on any atom is -0.396 e. The summed E-state index contributed by atoms with van der Waals surface area (Å²) in [6, 6.07) is 5.51. The molecule has 1 amide bonds. The number of hydrogen-bond acceptors (Lipinski definition) is 2. The zero-order valence-corrected chi connectivity index (χ0v) is 13.7. The van der Waals surface area contributed by atoms with Crippen LogP contribution in [-0.2, 0) is 10.2 Å². The summed E-state index contributed by atoms with van der Waals surface area (Å²) in [4.78, 5) is 12.7. The molecule has 116 valence electrons. The predicted molar refractivity (Wildman–Crippen MR) is 85.9 cm³/mol. The number of carbonyl (C=O) groups is 1. The molecule has 1 aromatic rings. The van der Waals surface area contributed by atoms with Crippen molar-refractivity contribution in [3.05, 3.63) is 33.8 Å². The Bertz CT molecular complexity index is 515. The second-order valence-electron chi connectivity index (χ2n) is 5.80. The van der Waals surface area contributed by atoms with E-state index in [1.54, 1.807) is 12.1 Å². The van der Waals surface area contributed by atoms with Crippen molar-refractivity contribution in [2.45, 2.75) is 50.5 Å². The molecule has 0 heterocycles. The Morgan fingerprint density at radius 3 is 2.62 bits per heavy atom. The van der Waals surface area contributed by atoms with Gasteiger partial charge in [-0.1, -0.05) is 35.7 Å². The highest BCUT2D eigenvalue weighted by atomic mass is 35.5. The zero-order valence-electron chi connectivity index (χ0n) is 12.2. The number of rotatable bonds is 6. The van der Waals surface area contributed by atoms with E-state index in [2.05, 4.69) is 5.32 Å². The molecular formula is C16H21Cl2NO2. The van der Waals surface area contributed by atoms with Gasteiger partial charge in [-0.3, -0.25) is 4.79 Å². The predicted octanol–water partition coefficient (Wildman–Crippen LogP) is 3.69. The number of amides is 1. The maximum Gasteiger partial charge on any atom is 0.230 e. The topological polar surface area (TPSA) is 49.3 Å². The number of aliphatic hydroxyl groups excluding tert-OH is 1. The lowest BCUT2D eigenvalue weighted by Crippen LogP contribution is -2.51. The van der Waals surface area contributed by atoms with Gasteiger partial charge in [-0.25, -0.2) is 0 Å². The number of benzene rings is 1. The van der Waals surface area contributed by atoms with Crippen LogP contribution in [0.1, 0.15) is 44.6 Å². The molecule has 5 heteroatoms. The SMILES string of the molecule is CC(CCCO)NC(=O)C1(c2ccc(Cl)c(Cl)c2)CCC1. The fourth-order valence-corrected chi connectivity index (χ4v) is 3.10. The Morgan fingerprint density at radius 2 is 2.10 bits per heavy atom. The molecular weight excluding hydrogens is 309 g/mol. The Hall–Kier alpha value is -0.770. The molecule has 0 saturated heterocycles. The van der Waals surface area contributed by atoms with Crippen molar-refractivity contribution in [3.63, 3.8) is 0 Å².